The van der Waals surface area contributed by atoms with Crippen molar-refractivity contribution in [2.24, 2.45) is 0 Å². The van der Waals surface area contributed by atoms with E-state index < -0.39 is 24.5 Å². The van der Waals surface area contributed by atoms with Gasteiger partial charge in [0.1, 0.15) is 0 Å². The van der Waals surface area contributed by atoms with E-state index in [4.69, 9.17) is 5.11 Å². The van der Waals surface area contributed by atoms with E-state index in [0.717, 1.165) is 27.9 Å². The van der Waals surface area contributed by atoms with Crippen LogP contribution in [-0.4, -0.2) is 40.8 Å². The molecule has 0 aromatic heterocycles. The van der Waals surface area contributed by atoms with Crippen LogP contribution in [0.4, 0.5) is 10.5 Å². The lowest BCUT2D eigenvalue weighted by molar-refractivity contribution is -0.146. The fraction of sp³-hybridized carbons (Fsp3) is 0.270. The van der Waals surface area contributed by atoms with Gasteiger partial charge >= 0.3 is 12.0 Å². The number of anilines is 1. The highest BCUT2D eigenvalue weighted by Gasteiger charge is 2.20. The molecule has 0 spiro atoms. The maximum Gasteiger partial charge on any atom is 0.334 e. The number of rotatable bonds is 11. The fourth-order valence-corrected chi connectivity index (χ4v) is 5.81. The zero-order chi connectivity index (χ0) is 31.6. The highest BCUT2D eigenvalue weighted by atomic mass is 16.4. The van der Waals surface area contributed by atoms with Crippen molar-refractivity contribution in [3.8, 4) is 11.1 Å². The van der Waals surface area contributed by atoms with E-state index in [1.165, 1.54) is 37.7 Å². The van der Waals surface area contributed by atoms with E-state index >= 15 is 0 Å². The van der Waals surface area contributed by atoms with Crippen molar-refractivity contribution in [3.63, 3.8) is 0 Å². The lowest BCUT2D eigenvalue weighted by atomic mass is 9.84. The van der Waals surface area contributed by atoms with Crippen LogP contribution in [0.3, 0.4) is 0 Å². The summed E-state index contributed by atoms with van der Waals surface area (Å²) in [5, 5.41) is 23.8. The van der Waals surface area contributed by atoms with Gasteiger partial charge in [-0.3, -0.25) is 9.69 Å². The average molecular weight is 606 g/mol. The highest BCUT2D eigenvalue weighted by Crippen LogP contribution is 2.33. The first-order valence-corrected chi connectivity index (χ1v) is 15.5. The second-order valence-corrected chi connectivity index (χ2v) is 11.5. The molecule has 1 aliphatic rings. The minimum atomic E-state index is -1.68. The number of carboxylic acids is 1. The van der Waals surface area contributed by atoms with Gasteiger partial charge in [-0.25, -0.2) is 9.59 Å². The molecule has 0 aliphatic heterocycles. The molecule has 45 heavy (non-hydrogen) atoms. The summed E-state index contributed by atoms with van der Waals surface area (Å²) in [5.41, 5.74) is 6.36. The van der Waals surface area contributed by atoms with Crippen LogP contribution in [0.15, 0.2) is 103 Å². The third-order valence-electron chi connectivity index (χ3n) is 8.36. The van der Waals surface area contributed by atoms with Gasteiger partial charge < -0.3 is 20.8 Å². The average Bonchev–Trinajstić information content (AvgIpc) is 3.09. The summed E-state index contributed by atoms with van der Waals surface area (Å²) in [4.78, 5) is 38.8. The Bertz CT molecular complexity index is 1580. The van der Waals surface area contributed by atoms with Crippen LogP contribution >= 0.6 is 0 Å². The predicted molar refractivity (Wildman–Crippen MR) is 175 cm³/mol. The van der Waals surface area contributed by atoms with Crippen LogP contribution in [0, 0.1) is 0 Å². The first kappa shape index (κ1) is 31.5. The van der Waals surface area contributed by atoms with Crippen LogP contribution < -0.4 is 15.5 Å². The summed E-state index contributed by atoms with van der Waals surface area (Å²) in [6.07, 6.45) is 4.50. The number of carbonyl (C=O) groups excluding carboxylic acids is 2. The van der Waals surface area contributed by atoms with Crippen molar-refractivity contribution in [3.05, 3.63) is 125 Å². The summed E-state index contributed by atoms with van der Waals surface area (Å²) in [6, 6.07) is 32.9. The zero-order valence-electron chi connectivity index (χ0n) is 25.2. The number of aliphatic hydroxyl groups excluding tert-OH is 1. The largest absolute Gasteiger partial charge is 0.479 e. The number of nitrogens with one attached hydrogen (secondary N) is 2. The van der Waals surface area contributed by atoms with E-state index in [0.29, 0.717) is 18.0 Å². The first-order chi connectivity index (χ1) is 21.9. The Hall–Kier alpha value is -4.95. The van der Waals surface area contributed by atoms with Crippen LogP contribution in [0.5, 0.6) is 0 Å². The van der Waals surface area contributed by atoms with Gasteiger partial charge in [-0.2, -0.15) is 0 Å². The Kier molecular flexibility index (Phi) is 10.6. The zero-order valence-corrected chi connectivity index (χ0v) is 25.2. The number of urea groups is 1. The SMILES string of the molecule is O=C(NCC(O)C(=O)O)c1ccc(CN(C(=O)NCc2ccccc2-c2ccccc2)c2ccc(C3CCCCC3)cc2)cc1. The van der Waals surface area contributed by atoms with E-state index in [1.807, 2.05) is 48.5 Å². The van der Waals surface area contributed by atoms with Gasteiger partial charge in [-0.05, 0) is 70.8 Å². The van der Waals surface area contributed by atoms with Crippen molar-refractivity contribution in [1.82, 2.24) is 10.6 Å². The Morgan fingerprint density at radius 2 is 1.44 bits per heavy atom. The van der Waals surface area contributed by atoms with E-state index in [-0.39, 0.29) is 12.6 Å². The molecular formula is C37H39N3O5. The molecule has 8 nitrogen and oxygen atoms in total. The molecular weight excluding hydrogens is 566 g/mol. The van der Waals surface area contributed by atoms with Crippen LogP contribution in [0.2, 0.25) is 0 Å². The van der Waals surface area contributed by atoms with Crippen molar-refractivity contribution < 1.29 is 24.6 Å². The number of carbonyl (C=O) groups is 3. The molecule has 1 atom stereocenters. The maximum atomic E-state index is 13.8. The van der Waals surface area contributed by atoms with Gasteiger partial charge in [-0.1, -0.05) is 98.1 Å². The second kappa shape index (κ2) is 15.2. The molecule has 1 saturated carbocycles. The van der Waals surface area contributed by atoms with E-state index in [1.54, 1.807) is 29.2 Å². The number of aliphatic carboxylic acids is 1. The van der Waals surface area contributed by atoms with Gasteiger partial charge in [-0.15, -0.1) is 0 Å². The van der Waals surface area contributed by atoms with Crippen LogP contribution in [-0.2, 0) is 17.9 Å². The second-order valence-electron chi connectivity index (χ2n) is 11.5. The van der Waals surface area contributed by atoms with Gasteiger partial charge in [0.2, 0.25) is 0 Å². The minimum absolute atomic E-state index is 0.243. The Morgan fingerprint density at radius 3 is 2.13 bits per heavy atom. The number of hydrogen-bond donors (Lipinski definition) is 4. The molecule has 8 heteroatoms. The van der Waals surface area contributed by atoms with E-state index in [2.05, 4.69) is 41.0 Å². The molecule has 5 rings (SSSR count). The predicted octanol–water partition coefficient (Wildman–Crippen LogP) is 6.49. The molecule has 0 radical (unpaired) electrons. The van der Waals surface area contributed by atoms with Gasteiger partial charge in [0, 0.05) is 17.8 Å². The molecule has 1 unspecified atom stereocenters. The highest BCUT2D eigenvalue weighted by molar-refractivity contribution is 5.95. The summed E-state index contributed by atoms with van der Waals surface area (Å²) < 4.78 is 0. The smallest absolute Gasteiger partial charge is 0.334 e. The molecule has 232 valence electrons. The van der Waals surface area contributed by atoms with Crippen LogP contribution in [0.1, 0.15) is 65.1 Å². The molecule has 0 saturated heterocycles. The lowest BCUT2D eigenvalue weighted by Gasteiger charge is -2.26. The molecule has 4 N–H and O–H groups in total. The quantitative estimate of drug-likeness (QED) is 0.156. The Morgan fingerprint density at radius 1 is 0.778 bits per heavy atom. The number of nitrogens with zero attached hydrogens (tertiary/aromatic N) is 1. The van der Waals surface area contributed by atoms with Crippen molar-refractivity contribution >= 4 is 23.6 Å². The molecule has 1 aliphatic carbocycles. The van der Waals surface area contributed by atoms with Gasteiger partial charge in [0.05, 0.1) is 13.1 Å². The fourth-order valence-electron chi connectivity index (χ4n) is 5.81. The summed E-state index contributed by atoms with van der Waals surface area (Å²) in [6.45, 7) is 0.227. The first-order valence-electron chi connectivity index (χ1n) is 15.5. The normalized spacial score (nSPS) is 13.9. The number of aliphatic hydroxyl groups is 1. The van der Waals surface area contributed by atoms with Crippen molar-refractivity contribution in [2.75, 3.05) is 11.4 Å². The third-order valence-corrected chi connectivity index (χ3v) is 8.36. The Labute approximate surface area is 263 Å². The van der Waals surface area contributed by atoms with Crippen molar-refractivity contribution in [1.29, 1.82) is 0 Å². The summed E-state index contributed by atoms with van der Waals surface area (Å²) in [5.74, 6) is -1.34. The molecule has 0 bridgehead atoms. The van der Waals surface area contributed by atoms with Crippen molar-refractivity contribution in [2.45, 2.75) is 57.2 Å². The molecule has 4 aromatic carbocycles. The Balaban J connectivity index is 1.33. The summed E-state index contributed by atoms with van der Waals surface area (Å²) >= 11 is 0. The van der Waals surface area contributed by atoms with Gasteiger partial charge in [0.25, 0.3) is 5.91 Å². The molecule has 1 fully saturated rings. The molecule has 0 heterocycles. The van der Waals surface area contributed by atoms with E-state index in [9.17, 15) is 19.5 Å². The molecule has 3 amide bonds. The van der Waals surface area contributed by atoms with Crippen LogP contribution in [0.25, 0.3) is 11.1 Å². The number of benzene rings is 4. The molecule has 4 aromatic rings. The maximum absolute atomic E-state index is 13.8. The standard InChI is InChI=1S/C37H39N3O5/c41-34(36(43)44)24-38-35(42)30-17-15-26(16-18-30)25-40(32-21-19-28(20-22-32)27-9-3-1-4-10-27)37(45)39-23-31-13-7-8-14-33(31)29-11-5-2-6-12-29/h2,5-8,11-22,27,34,41H,1,3-4,9-10,23-25H2,(H,38,42)(H,39,45)(H,43,44). The number of carboxylic acid groups (broad SMARTS) is 1. The monoisotopic (exact) mass is 605 g/mol. The number of hydrogen-bond acceptors (Lipinski definition) is 4. The number of amides is 3. The summed E-state index contributed by atoms with van der Waals surface area (Å²) in [7, 11) is 0. The minimum Gasteiger partial charge on any atom is -0.479 e. The third kappa shape index (κ3) is 8.37. The lowest BCUT2D eigenvalue weighted by Crippen LogP contribution is -2.39. The van der Waals surface area contributed by atoms with Gasteiger partial charge in [0.15, 0.2) is 6.10 Å². The topological polar surface area (TPSA) is 119 Å².